The summed E-state index contributed by atoms with van der Waals surface area (Å²) in [5.41, 5.74) is 0. The second-order valence-corrected chi connectivity index (χ2v) is 29.7. The molecule has 3 N–H and O–H groups in total. The van der Waals surface area contributed by atoms with Gasteiger partial charge < -0.3 is 33.8 Å². The molecular weight excluding hydrogens is 1190 g/mol. The molecular formula is C71H138O17P2. The van der Waals surface area contributed by atoms with E-state index in [9.17, 15) is 43.2 Å². The lowest BCUT2D eigenvalue weighted by molar-refractivity contribution is -0.161. The van der Waals surface area contributed by atoms with E-state index in [1.54, 1.807) is 0 Å². The summed E-state index contributed by atoms with van der Waals surface area (Å²) in [7, 11) is -9.90. The van der Waals surface area contributed by atoms with Crippen molar-refractivity contribution in [2.45, 2.75) is 375 Å². The molecule has 19 heteroatoms. The molecule has 0 bridgehead atoms. The molecule has 0 saturated carbocycles. The van der Waals surface area contributed by atoms with Gasteiger partial charge in [-0.15, -0.1) is 0 Å². The van der Waals surface area contributed by atoms with Crippen molar-refractivity contribution >= 4 is 39.5 Å². The predicted molar refractivity (Wildman–Crippen MR) is 363 cm³/mol. The quantitative estimate of drug-likeness (QED) is 0.0222. The summed E-state index contributed by atoms with van der Waals surface area (Å²) >= 11 is 0. The van der Waals surface area contributed by atoms with Crippen LogP contribution in [0.3, 0.4) is 0 Å². The molecule has 0 heterocycles. The van der Waals surface area contributed by atoms with E-state index < -0.39 is 97.5 Å². The monoisotopic (exact) mass is 1320 g/mol. The van der Waals surface area contributed by atoms with E-state index in [-0.39, 0.29) is 25.7 Å². The molecule has 534 valence electrons. The summed E-state index contributed by atoms with van der Waals surface area (Å²) in [4.78, 5) is 72.5. The van der Waals surface area contributed by atoms with Crippen LogP contribution in [0.25, 0.3) is 0 Å². The number of unbranched alkanes of at least 4 members (excludes halogenated alkanes) is 36. The highest BCUT2D eigenvalue weighted by Gasteiger charge is 2.30. The molecule has 0 aromatic rings. The van der Waals surface area contributed by atoms with Crippen LogP contribution in [-0.4, -0.2) is 96.7 Å². The van der Waals surface area contributed by atoms with Crippen LogP contribution in [0, 0.1) is 17.8 Å². The Morgan fingerprint density at radius 3 is 0.844 bits per heavy atom. The van der Waals surface area contributed by atoms with Crippen LogP contribution in [0.2, 0.25) is 0 Å². The fraction of sp³-hybridized carbons (Fsp3) is 0.944. The number of hydrogen-bond donors (Lipinski definition) is 3. The summed E-state index contributed by atoms with van der Waals surface area (Å²) in [6.07, 6.45) is 45.8. The maximum Gasteiger partial charge on any atom is 0.472 e. The Morgan fingerprint density at radius 1 is 0.322 bits per heavy atom. The number of hydrogen-bond acceptors (Lipinski definition) is 15. The molecule has 0 aromatic carbocycles. The van der Waals surface area contributed by atoms with Gasteiger partial charge in [-0.05, 0) is 43.4 Å². The van der Waals surface area contributed by atoms with E-state index in [1.807, 2.05) is 0 Å². The van der Waals surface area contributed by atoms with Crippen LogP contribution in [0.15, 0.2) is 0 Å². The maximum absolute atomic E-state index is 13.0. The summed E-state index contributed by atoms with van der Waals surface area (Å²) in [6, 6.07) is 0. The van der Waals surface area contributed by atoms with Crippen LogP contribution in [0.4, 0.5) is 0 Å². The molecule has 0 saturated heterocycles. The average molecular weight is 1330 g/mol. The fourth-order valence-corrected chi connectivity index (χ4v) is 12.3. The van der Waals surface area contributed by atoms with E-state index in [0.29, 0.717) is 25.7 Å². The highest BCUT2D eigenvalue weighted by atomic mass is 31.2. The third-order valence-electron chi connectivity index (χ3n) is 16.7. The maximum atomic E-state index is 13.0. The normalized spacial score (nSPS) is 14.5. The number of phosphoric acid groups is 2. The number of aliphatic hydroxyl groups excluding tert-OH is 1. The van der Waals surface area contributed by atoms with Crippen molar-refractivity contribution in [3.63, 3.8) is 0 Å². The average Bonchev–Trinajstić information content (AvgIpc) is 3.65. The Hall–Kier alpha value is -1.94. The van der Waals surface area contributed by atoms with Gasteiger partial charge >= 0.3 is 39.5 Å². The Morgan fingerprint density at radius 2 is 0.567 bits per heavy atom. The van der Waals surface area contributed by atoms with Gasteiger partial charge in [0.25, 0.3) is 0 Å². The molecule has 90 heavy (non-hydrogen) atoms. The summed E-state index contributed by atoms with van der Waals surface area (Å²) in [6.45, 7) is 11.8. The van der Waals surface area contributed by atoms with Crippen LogP contribution in [0.1, 0.15) is 357 Å². The van der Waals surface area contributed by atoms with Gasteiger partial charge in [-0.25, -0.2) is 9.13 Å². The topological polar surface area (TPSA) is 237 Å². The first-order valence-electron chi connectivity index (χ1n) is 36.9. The summed E-state index contributed by atoms with van der Waals surface area (Å²) in [5.74, 6) is 0.158. The molecule has 0 aliphatic rings. The smallest absolute Gasteiger partial charge is 0.462 e. The summed E-state index contributed by atoms with van der Waals surface area (Å²) in [5, 5.41) is 10.6. The van der Waals surface area contributed by atoms with Crippen molar-refractivity contribution < 1.29 is 80.2 Å². The van der Waals surface area contributed by atoms with Crippen molar-refractivity contribution in [3.05, 3.63) is 0 Å². The minimum absolute atomic E-state index is 0.103. The first-order chi connectivity index (χ1) is 43.3. The van der Waals surface area contributed by atoms with Gasteiger partial charge in [-0.2, -0.15) is 0 Å². The van der Waals surface area contributed by atoms with E-state index in [2.05, 4.69) is 48.5 Å². The Balaban J connectivity index is 5.23. The van der Waals surface area contributed by atoms with Gasteiger partial charge in [-0.3, -0.25) is 37.3 Å². The molecule has 6 atom stereocenters. The zero-order valence-electron chi connectivity index (χ0n) is 58.6. The molecule has 0 aromatic heterocycles. The van der Waals surface area contributed by atoms with Gasteiger partial charge in [-0.1, -0.05) is 305 Å². The largest absolute Gasteiger partial charge is 0.472 e. The number of rotatable bonds is 69. The van der Waals surface area contributed by atoms with Crippen LogP contribution < -0.4 is 0 Å². The highest BCUT2D eigenvalue weighted by molar-refractivity contribution is 7.47. The molecule has 0 aliphatic heterocycles. The number of carbonyl (C=O) groups is 4. The van der Waals surface area contributed by atoms with Gasteiger partial charge in [0.1, 0.15) is 19.3 Å². The third-order valence-corrected chi connectivity index (χ3v) is 18.6. The van der Waals surface area contributed by atoms with Gasteiger partial charge in [0.2, 0.25) is 0 Å². The molecule has 0 amide bonds. The molecule has 3 unspecified atom stereocenters. The molecule has 0 fully saturated rings. The van der Waals surface area contributed by atoms with Gasteiger partial charge in [0, 0.05) is 25.7 Å². The van der Waals surface area contributed by atoms with Crippen molar-refractivity contribution in [3.8, 4) is 0 Å². The zero-order chi connectivity index (χ0) is 66.6. The lowest BCUT2D eigenvalue weighted by atomic mass is 10.00. The number of esters is 4. The van der Waals surface area contributed by atoms with Crippen molar-refractivity contribution in [2.24, 2.45) is 17.8 Å². The van der Waals surface area contributed by atoms with Crippen LogP contribution in [0.5, 0.6) is 0 Å². The SMILES string of the molecule is CCCCCCCCCCCC(=O)OC[C@H](COP(=O)(O)OC[C@H](O)COP(=O)(O)OC[C@@H](COC(=O)CCCCCCCCCCCCCC(C)C)OC(=O)CCCCCCCCCCCCCCCCC(C)C)OC(=O)CCCCCCCCC(C)CC. The minimum atomic E-state index is -4.95. The second-order valence-electron chi connectivity index (χ2n) is 26.8. The van der Waals surface area contributed by atoms with E-state index in [4.69, 9.17) is 37.0 Å². The fourth-order valence-electron chi connectivity index (χ4n) is 10.7. The van der Waals surface area contributed by atoms with Crippen molar-refractivity contribution in [1.29, 1.82) is 0 Å². The minimum Gasteiger partial charge on any atom is -0.462 e. The highest BCUT2D eigenvalue weighted by Crippen LogP contribution is 2.45. The molecule has 0 aliphatic carbocycles. The zero-order valence-corrected chi connectivity index (χ0v) is 60.4. The Labute approximate surface area is 549 Å². The number of ether oxygens (including phenoxy) is 4. The van der Waals surface area contributed by atoms with Crippen LogP contribution in [-0.2, 0) is 65.4 Å². The first-order valence-corrected chi connectivity index (χ1v) is 39.9. The molecule has 17 nitrogen and oxygen atoms in total. The van der Waals surface area contributed by atoms with E-state index >= 15 is 0 Å². The number of carbonyl (C=O) groups excluding carboxylic acids is 4. The lowest BCUT2D eigenvalue weighted by Gasteiger charge is -2.21. The second kappa shape index (κ2) is 61.9. The van der Waals surface area contributed by atoms with E-state index in [0.717, 1.165) is 108 Å². The molecule has 0 spiro atoms. The predicted octanol–water partition coefficient (Wildman–Crippen LogP) is 20.2. The van der Waals surface area contributed by atoms with Gasteiger partial charge in [0.05, 0.1) is 26.4 Å². The lowest BCUT2D eigenvalue weighted by Crippen LogP contribution is -2.30. The molecule has 0 radical (unpaired) electrons. The molecule has 0 rings (SSSR count). The number of aliphatic hydroxyl groups is 1. The third kappa shape index (κ3) is 63.5. The van der Waals surface area contributed by atoms with Crippen LogP contribution >= 0.6 is 15.6 Å². The van der Waals surface area contributed by atoms with Crippen molar-refractivity contribution in [1.82, 2.24) is 0 Å². The first kappa shape index (κ1) is 88.1. The van der Waals surface area contributed by atoms with Crippen molar-refractivity contribution in [2.75, 3.05) is 39.6 Å². The Bertz CT molecular complexity index is 1770. The Kier molecular flexibility index (Phi) is 60.6. The summed E-state index contributed by atoms with van der Waals surface area (Å²) < 4.78 is 68.3. The number of phosphoric ester groups is 2. The van der Waals surface area contributed by atoms with E-state index in [1.165, 1.54) is 167 Å². The van der Waals surface area contributed by atoms with Gasteiger partial charge in [0.15, 0.2) is 12.2 Å². The standard InChI is InChI=1S/C71H138O17P2/c1-8-10-11-12-13-23-30-38-45-52-68(73)81-59-67(88-71(76)55-48-41-34-33-37-44-51-64(7)9-2)61-86-90(79,80)84-57-65(72)56-83-89(77,78)85-60-66(58-82-69(74)53-46-39-31-26-22-18-20-25-29-36-43-50-63(5)6)87-70(75)54-47-40-32-27-21-17-15-14-16-19-24-28-35-42-49-62(3)4/h62-67,72H,8-61H2,1-7H3,(H,77,78)(H,79,80)/t64?,65-,66-,67-/m1/s1.